The first-order valence-electron chi connectivity index (χ1n) is 15.2. The summed E-state index contributed by atoms with van der Waals surface area (Å²) in [6.07, 6.45) is 10.4. The molecule has 2 aromatic rings. The molecule has 2 aliphatic carbocycles. The number of hydrogen-bond donors (Lipinski definition) is 2. The van der Waals surface area contributed by atoms with E-state index in [0.29, 0.717) is 12.1 Å². The van der Waals surface area contributed by atoms with Crippen LogP contribution in [0.1, 0.15) is 131 Å². The second-order valence-electron chi connectivity index (χ2n) is 14.3. The van der Waals surface area contributed by atoms with Gasteiger partial charge in [-0.25, -0.2) is 0 Å². The zero-order chi connectivity index (χ0) is 28.2. The van der Waals surface area contributed by atoms with Crippen LogP contribution in [0.3, 0.4) is 0 Å². The van der Waals surface area contributed by atoms with Gasteiger partial charge in [-0.2, -0.15) is 0 Å². The van der Waals surface area contributed by atoms with E-state index in [1.807, 2.05) is 24.3 Å². The van der Waals surface area contributed by atoms with Crippen LogP contribution >= 0.6 is 0 Å². The highest BCUT2D eigenvalue weighted by Crippen LogP contribution is 2.35. The molecule has 4 nitrogen and oxygen atoms in total. The van der Waals surface area contributed by atoms with E-state index in [2.05, 4.69) is 76.4 Å². The maximum atomic E-state index is 12.8. The standard InChI is InChI=1S/C35H50N2O2/c1-34(2,3)28-15-11-26(12-16-28)32(38)36-30-19-7-24(8-20-30)23-25-9-21-31(22-10-25)37-33(39)27-13-17-29(18-14-27)35(4,5)6/h11-18,24-25,30-31H,7-10,19-23H2,1-6H3,(H,36,38)(H,37,39). The number of nitrogens with one attached hydrogen (secondary N) is 2. The van der Waals surface area contributed by atoms with Gasteiger partial charge in [0.05, 0.1) is 0 Å². The molecule has 2 fully saturated rings. The molecule has 0 atom stereocenters. The van der Waals surface area contributed by atoms with Crippen LogP contribution in [0.15, 0.2) is 48.5 Å². The first kappa shape index (κ1) is 29.4. The molecule has 0 saturated heterocycles. The second kappa shape index (κ2) is 12.3. The lowest BCUT2D eigenvalue weighted by Crippen LogP contribution is -2.39. The summed E-state index contributed by atoms with van der Waals surface area (Å²) >= 11 is 0. The quantitative estimate of drug-likeness (QED) is 0.398. The van der Waals surface area contributed by atoms with Crippen LogP contribution in [-0.4, -0.2) is 23.9 Å². The Hall–Kier alpha value is -2.62. The molecule has 2 saturated carbocycles. The number of carbonyl (C=O) groups excluding carboxylic acids is 2. The van der Waals surface area contributed by atoms with Gasteiger partial charge in [0.25, 0.3) is 11.8 Å². The maximum Gasteiger partial charge on any atom is 0.251 e. The minimum Gasteiger partial charge on any atom is -0.349 e. The van der Waals surface area contributed by atoms with Crippen molar-refractivity contribution in [1.29, 1.82) is 0 Å². The number of amides is 2. The Labute approximate surface area is 236 Å². The van der Waals surface area contributed by atoms with Crippen molar-refractivity contribution in [2.75, 3.05) is 0 Å². The topological polar surface area (TPSA) is 58.2 Å². The van der Waals surface area contributed by atoms with E-state index in [4.69, 9.17) is 0 Å². The lowest BCUT2D eigenvalue weighted by atomic mass is 9.75. The average molecular weight is 531 g/mol. The summed E-state index contributed by atoms with van der Waals surface area (Å²) in [6.45, 7) is 13.2. The van der Waals surface area contributed by atoms with E-state index >= 15 is 0 Å². The average Bonchev–Trinajstić information content (AvgIpc) is 2.90. The Morgan fingerprint density at radius 3 is 1.15 bits per heavy atom. The van der Waals surface area contributed by atoms with E-state index in [1.54, 1.807) is 0 Å². The van der Waals surface area contributed by atoms with Crippen LogP contribution in [0.5, 0.6) is 0 Å². The summed E-state index contributed by atoms with van der Waals surface area (Å²) < 4.78 is 0. The maximum absolute atomic E-state index is 12.8. The van der Waals surface area contributed by atoms with Gasteiger partial charge in [-0.3, -0.25) is 9.59 Å². The molecule has 0 aliphatic heterocycles. The van der Waals surface area contributed by atoms with Gasteiger partial charge in [-0.15, -0.1) is 0 Å². The van der Waals surface area contributed by atoms with Gasteiger partial charge in [0, 0.05) is 23.2 Å². The smallest absolute Gasteiger partial charge is 0.251 e. The molecule has 0 bridgehead atoms. The molecule has 212 valence electrons. The summed E-state index contributed by atoms with van der Waals surface area (Å²) in [5.41, 5.74) is 4.22. The minimum absolute atomic E-state index is 0.0597. The molecule has 2 aliphatic rings. The second-order valence-corrected chi connectivity index (χ2v) is 14.3. The largest absolute Gasteiger partial charge is 0.349 e. The molecule has 2 amide bonds. The number of rotatable bonds is 6. The van der Waals surface area contributed by atoms with Crippen molar-refractivity contribution >= 4 is 11.8 Å². The highest BCUT2D eigenvalue weighted by Gasteiger charge is 2.28. The van der Waals surface area contributed by atoms with Crippen LogP contribution in [-0.2, 0) is 10.8 Å². The van der Waals surface area contributed by atoms with Crippen molar-refractivity contribution in [3.05, 3.63) is 70.8 Å². The third-order valence-electron chi connectivity index (χ3n) is 9.06. The molecule has 0 aromatic heterocycles. The number of hydrogen-bond acceptors (Lipinski definition) is 2. The van der Waals surface area contributed by atoms with Crippen molar-refractivity contribution in [2.45, 2.75) is 122 Å². The van der Waals surface area contributed by atoms with Gasteiger partial charge < -0.3 is 10.6 Å². The zero-order valence-corrected chi connectivity index (χ0v) is 25.1. The zero-order valence-electron chi connectivity index (χ0n) is 25.1. The lowest BCUT2D eigenvalue weighted by molar-refractivity contribution is 0.0917. The van der Waals surface area contributed by atoms with E-state index in [9.17, 15) is 9.59 Å². The highest BCUT2D eigenvalue weighted by molar-refractivity contribution is 5.95. The Kier molecular flexibility index (Phi) is 9.24. The minimum atomic E-state index is 0.0597. The van der Waals surface area contributed by atoms with Crippen LogP contribution in [0, 0.1) is 11.8 Å². The summed E-state index contributed by atoms with van der Waals surface area (Å²) in [5.74, 6) is 1.65. The van der Waals surface area contributed by atoms with Crippen LogP contribution in [0.2, 0.25) is 0 Å². The Balaban J connectivity index is 1.15. The Morgan fingerprint density at radius 1 is 0.564 bits per heavy atom. The molecule has 2 N–H and O–H groups in total. The molecule has 4 rings (SSSR count). The highest BCUT2D eigenvalue weighted by atomic mass is 16.2. The van der Waals surface area contributed by atoms with Crippen molar-refractivity contribution in [1.82, 2.24) is 10.6 Å². The first-order chi connectivity index (χ1) is 18.4. The molecular weight excluding hydrogens is 480 g/mol. The number of carbonyl (C=O) groups is 2. The molecular formula is C35H50N2O2. The molecule has 0 unspecified atom stereocenters. The predicted molar refractivity (Wildman–Crippen MR) is 161 cm³/mol. The van der Waals surface area contributed by atoms with Gasteiger partial charge in [0.2, 0.25) is 0 Å². The fourth-order valence-electron chi connectivity index (χ4n) is 6.34. The van der Waals surface area contributed by atoms with E-state index in [1.165, 1.54) is 43.2 Å². The molecule has 39 heavy (non-hydrogen) atoms. The predicted octanol–water partition coefficient (Wildman–Crippen LogP) is 7.95. The van der Waals surface area contributed by atoms with Crippen LogP contribution < -0.4 is 10.6 Å². The van der Waals surface area contributed by atoms with Gasteiger partial charge >= 0.3 is 0 Å². The summed E-state index contributed by atoms with van der Waals surface area (Å²) in [5, 5.41) is 6.57. The molecule has 0 radical (unpaired) electrons. The molecule has 0 heterocycles. The monoisotopic (exact) mass is 530 g/mol. The molecule has 2 aromatic carbocycles. The summed E-state index contributed by atoms with van der Waals surface area (Å²) in [4.78, 5) is 25.6. The van der Waals surface area contributed by atoms with Crippen molar-refractivity contribution in [2.24, 2.45) is 11.8 Å². The fourth-order valence-corrected chi connectivity index (χ4v) is 6.34. The molecule has 0 spiro atoms. The third kappa shape index (κ3) is 8.19. The SMILES string of the molecule is CC(C)(C)c1ccc(C(=O)NC2CCC(CC3CCC(NC(=O)c4ccc(C(C)(C)C)cc4)CC3)CC2)cc1. The summed E-state index contributed by atoms with van der Waals surface area (Å²) in [6, 6.07) is 16.7. The third-order valence-corrected chi connectivity index (χ3v) is 9.06. The summed E-state index contributed by atoms with van der Waals surface area (Å²) in [7, 11) is 0. The fraction of sp³-hybridized carbons (Fsp3) is 0.600. The Morgan fingerprint density at radius 2 is 0.872 bits per heavy atom. The normalized spacial score (nSPS) is 24.2. The molecule has 4 heteroatoms. The van der Waals surface area contributed by atoms with E-state index in [-0.39, 0.29) is 22.6 Å². The van der Waals surface area contributed by atoms with Crippen LogP contribution in [0.4, 0.5) is 0 Å². The van der Waals surface area contributed by atoms with Gasteiger partial charge in [0.15, 0.2) is 0 Å². The van der Waals surface area contributed by atoms with Gasteiger partial charge in [-0.05, 0) is 116 Å². The van der Waals surface area contributed by atoms with Crippen molar-refractivity contribution in [3.8, 4) is 0 Å². The Bertz CT molecular complexity index is 1000. The van der Waals surface area contributed by atoms with Crippen molar-refractivity contribution in [3.63, 3.8) is 0 Å². The van der Waals surface area contributed by atoms with E-state index < -0.39 is 0 Å². The number of benzene rings is 2. The van der Waals surface area contributed by atoms with Crippen molar-refractivity contribution < 1.29 is 9.59 Å². The van der Waals surface area contributed by atoms with E-state index in [0.717, 1.165) is 48.6 Å². The van der Waals surface area contributed by atoms with Crippen LogP contribution in [0.25, 0.3) is 0 Å². The van der Waals surface area contributed by atoms with Gasteiger partial charge in [0.1, 0.15) is 0 Å². The first-order valence-corrected chi connectivity index (χ1v) is 15.2. The van der Waals surface area contributed by atoms with Gasteiger partial charge in [-0.1, -0.05) is 65.8 Å². The lowest BCUT2D eigenvalue weighted by Gasteiger charge is -2.34.